The first-order valence-corrected chi connectivity index (χ1v) is 9.36. The second-order valence-electron chi connectivity index (χ2n) is 7.36. The molecule has 26 heavy (non-hydrogen) atoms. The zero-order valence-corrected chi connectivity index (χ0v) is 16.4. The van der Waals surface area contributed by atoms with E-state index in [2.05, 4.69) is 25.7 Å². The van der Waals surface area contributed by atoms with Crippen LogP contribution in [-0.4, -0.2) is 48.9 Å². The Labute approximate surface area is 153 Å². The maximum atomic E-state index is 12.8. The van der Waals surface area contributed by atoms with Crippen LogP contribution in [0.1, 0.15) is 39.4 Å². The molecular formula is C18H29N5O3. The molecule has 0 spiro atoms. The average Bonchev–Trinajstić information content (AvgIpc) is 2.93. The van der Waals surface area contributed by atoms with Crippen molar-refractivity contribution in [3.05, 3.63) is 26.7 Å². The summed E-state index contributed by atoms with van der Waals surface area (Å²) in [5, 5.41) is 0. The van der Waals surface area contributed by atoms with Gasteiger partial charge >= 0.3 is 5.69 Å². The standard InChI is InChI=1S/C18H29N5O3/c1-6-7-8-23-14(11-22-9-12(2)26-13(3)10-22)19-16-15(23)17(24)21(5)18(25)20(16)4/h12-13H,6-11H2,1-5H3. The fourth-order valence-electron chi connectivity index (χ4n) is 3.78. The topological polar surface area (TPSA) is 74.3 Å². The van der Waals surface area contributed by atoms with Crippen molar-refractivity contribution < 1.29 is 4.74 Å². The third-order valence-corrected chi connectivity index (χ3v) is 5.02. The molecule has 1 aliphatic heterocycles. The highest BCUT2D eigenvalue weighted by Crippen LogP contribution is 2.17. The number of aryl methyl sites for hydroxylation is 2. The number of ether oxygens (including phenoxy) is 1. The number of fused-ring (bicyclic) bond motifs is 1. The quantitative estimate of drug-likeness (QED) is 0.787. The van der Waals surface area contributed by atoms with E-state index in [1.807, 2.05) is 4.57 Å². The van der Waals surface area contributed by atoms with Crippen LogP contribution in [0.5, 0.6) is 0 Å². The average molecular weight is 363 g/mol. The van der Waals surface area contributed by atoms with E-state index in [1.54, 1.807) is 7.05 Å². The number of rotatable bonds is 5. The lowest BCUT2D eigenvalue weighted by Crippen LogP contribution is -2.45. The minimum atomic E-state index is -0.345. The molecular weight excluding hydrogens is 334 g/mol. The summed E-state index contributed by atoms with van der Waals surface area (Å²) < 4.78 is 10.4. The van der Waals surface area contributed by atoms with Crippen LogP contribution >= 0.6 is 0 Å². The second kappa shape index (κ2) is 7.36. The predicted molar refractivity (Wildman–Crippen MR) is 100 cm³/mol. The van der Waals surface area contributed by atoms with Crippen molar-refractivity contribution in [2.24, 2.45) is 14.1 Å². The molecule has 1 saturated heterocycles. The summed E-state index contributed by atoms with van der Waals surface area (Å²) in [5.41, 5.74) is 0.371. The van der Waals surface area contributed by atoms with Crippen molar-refractivity contribution >= 4 is 11.2 Å². The van der Waals surface area contributed by atoms with Gasteiger partial charge in [-0.15, -0.1) is 0 Å². The number of hydrogen-bond acceptors (Lipinski definition) is 5. The van der Waals surface area contributed by atoms with Gasteiger partial charge < -0.3 is 9.30 Å². The Bertz CT molecular complexity index is 900. The van der Waals surface area contributed by atoms with E-state index in [4.69, 9.17) is 9.72 Å². The molecule has 1 fully saturated rings. The zero-order chi connectivity index (χ0) is 19.0. The molecule has 0 bridgehead atoms. The molecule has 2 aromatic heterocycles. The number of nitrogens with zero attached hydrogens (tertiary/aromatic N) is 5. The number of unbranched alkanes of at least 4 members (excludes halogenated alkanes) is 1. The third-order valence-electron chi connectivity index (χ3n) is 5.02. The highest BCUT2D eigenvalue weighted by molar-refractivity contribution is 5.71. The molecule has 8 nitrogen and oxygen atoms in total. The maximum absolute atomic E-state index is 12.8. The van der Waals surface area contributed by atoms with Gasteiger partial charge in [-0.05, 0) is 20.3 Å². The van der Waals surface area contributed by atoms with Crippen LogP contribution in [-0.2, 0) is 31.9 Å². The molecule has 0 saturated carbocycles. The maximum Gasteiger partial charge on any atom is 0.332 e. The predicted octanol–water partition coefficient (Wildman–Crippen LogP) is 0.843. The lowest BCUT2D eigenvalue weighted by atomic mass is 10.2. The number of aromatic nitrogens is 4. The molecule has 0 aromatic carbocycles. The number of imidazole rings is 1. The molecule has 3 rings (SSSR count). The number of hydrogen-bond donors (Lipinski definition) is 0. The second-order valence-corrected chi connectivity index (χ2v) is 7.36. The highest BCUT2D eigenvalue weighted by atomic mass is 16.5. The summed E-state index contributed by atoms with van der Waals surface area (Å²) in [6.07, 6.45) is 2.32. The van der Waals surface area contributed by atoms with Gasteiger partial charge in [0.1, 0.15) is 5.82 Å². The molecule has 0 amide bonds. The van der Waals surface area contributed by atoms with Crippen LogP contribution in [0.25, 0.3) is 11.2 Å². The molecule has 1 aliphatic rings. The van der Waals surface area contributed by atoms with Crippen LogP contribution < -0.4 is 11.2 Å². The Balaban J connectivity index is 2.09. The summed E-state index contributed by atoms with van der Waals surface area (Å²) >= 11 is 0. The third kappa shape index (κ3) is 3.35. The highest BCUT2D eigenvalue weighted by Gasteiger charge is 2.25. The normalized spacial score (nSPS) is 21.6. The summed E-state index contributed by atoms with van der Waals surface area (Å²) in [7, 11) is 3.19. The van der Waals surface area contributed by atoms with E-state index in [0.717, 1.165) is 42.9 Å². The van der Waals surface area contributed by atoms with Crippen molar-refractivity contribution in [1.82, 2.24) is 23.6 Å². The van der Waals surface area contributed by atoms with Crippen molar-refractivity contribution in [1.29, 1.82) is 0 Å². The van der Waals surface area contributed by atoms with Gasteiger partial charge in [-0.3, -0.25) is 18.8 Å². The van der Waals surface area contributed by atoms with E-state index in [0.29, 0.717) is 17.7 Å². The Morgan fingerprint density at radius 1 is 1.12 bits per heavy atom. The Morgan fingerprint density at radius 2 is 1.77 bits per heavy atom. The van der Waals surface area contributed by atoms with Crippen molar-refractivity contribution in [2.45, 2.75) is 58.9 Å². The summed E-state index contributed by atoms with van der Waals surface area (Å²) in [4.78, 5) is 32.0. The van der Waals surface area contributed by atoms with Crippen LogP contribution in [0.3, 0.4) is 0 Å². The Kier molecular flexibility index (Phi) is 5.34. The van der Waals surface area contributed by atoms with Gasteiger partial charge in [0.05, 0.1) is 18.8 Å². The zero-order valence-electron chi connectivity index (χ0n) is 16.4. The first-order valence-electron chi connectivity index (χ1n) is 9.36. The van der Waals surface area contributed by atoms with Gasteiger partial charge in [0, 0.05) is 33.7 Å². The molecule has 2 unspecified atom stereocenters. The smallest absolute Gasteiger partial charge is 0.332 e. The molecule has 8 heteroatoms. The van der Waals surface area contributed by atoms with Crippen LogP contribution in [0, 0.1) is 0 Å². The monoisotopic (exact) mass is 363 g/mol. The van der Waals surface area contributed by atoms with Gasteiger partial charge in [-0.25, -0.2) is 9.78 Å². The van der Waals surface area contributed by atoms with Gasteiger partial charge in [0.25, 0.3) is 5.56 Å². The van der Waals surface area contributed by atoms with Gasteiger partial charge in [0.2, 0.25) is 0 Å². The molecule has 2 aromatic rings. The van der Waals surface area contributed by atoms with Crippen LogP contribution in [0.15, 0.2) is 9.59 Å². The Hall–Kier alpha value is -1.93. The molecule has 0 radical (unpaired) electrons. The van der Waals surface area contributed by atoms with Gasteiger partial charge in [0.15, 0.2) is 11.2 Å². The van der Waals surface area contributed by atoms with Gasteiger partial charge in [-0.1, -0.05) is 13.3 Å². The summed E-state index contributed by atoms with van der Waals surface area (Å²) in [5.74, 6) is 0.841. The van der Waals surface area contributed by atoms with Crippen LogP contribution in [0.2, 0.25) is 0 Å². The van der Waals surface area contributed by atoms with Crippen molar-refractivity contribution in [3.8, 4) is 0 Å². The SMILES string of the molecule is CCCCn1c(CN2CC(C)OC(C)C2)nc2c1c(=O)n(C)c(=O)n2C. The first-order chi connectivity index (χ1) is 12.3. The molecule has 0 aliphatic carbocycles. The summed E-state index contributed by atoms with van der Waals surface area (Å²) in [6.45, 7) is 9.30. The lowest BCUT2D eigenvalue weighted by molar-refractivity contribution is -0.0712. The molecule has 2 atom stereocenters. The van der Waals surface area contributed by atoms with E-state index < -0.39 is 0 Å². The van der Waals surface area contributed by atoms with Crippen molar-refractivity contribution in [2.75, 3.05) is 13.1 Å². The van der Waals surface area contributed by atoms with Gasteiger partial charge in [-0.2, -0.15) is 0 Å². The minimum absolute atomic E-state index is 0.171. The molecule has 0 N–H and O–H groups in total. The molecule has 3 heterocycles. The fraction of sp³-hybridized carbons (Fsp3) is 0.722. The first kappa shape index (κ1) is 18.8. The lowest BCUT2D eigenvalue weighted by Gasteiger charge is -2.35. The minimum Gasteiger partial charge on any atom is -0.373 e. The van der Waals surface area contributed by atoms with Crippen molar-refractivity contribution in [3.63, 3.8) is 0 Å². The van der Waals surface area contributed by atoms with Crippen LogP contribution in [0.4, 0.5) is 0 Å². The van der Waals surface area contributed by atoms with E-state index >= 15 is 0 Å². The number of morpholine rings is 1. The van der Waals surface area contributed by atoms with E-state index in [1.165, 1.54) is 11.6 Å². The largest absolute Gasteiger partial charge is 0.373 e. The Morgan fingerprint density at radius 3 is 2.38 bits per heavy atom. The molecule has 144 valence electrons. The summed E-state index contributed by atoms with van der Waals surface area (Å²) in [6, 6.07) is 0. The fourth-order valence-corrected chi connectivity index (χ4v) is 3.78. The van der Waals surface area contributed by atoms with E-state index in [9.17, 15) is 9.59 Å². The van der Waals surface area contributed by atoms with E-state index in [-0.39, 0.29) is 23.5 Å².